The number of hydrogen-bond acceptors (Lipinski definition) is 2. The maximum Gasteiger partial charge on any atom is 0.390 e. The van der Waals surface area contributed by atoms with Gasteiger partial charge in [0.2, 0.25) is 0 Å². The van der Waals surface area contributed by atoms with Crippen LogP contribution in [-0.4, -0.2) is 38.9 Å². The quantitative estimate of drug-likeness (QED) is 0.458. The average Bonchev–Trinajstić information content (AvgIpc) is 2.48. The van der Waals surface area contributed by atoms with Gasteiger partial charge in [0.1, 0.15) is 12.4 Å². The number of ether oxygens (including phenoxy) is 1. The topological polar surface area (TPSA) is 45.7 Å². The van der Waals surface area contributed by atoms with E-state index < -0.39 is 12.6 Å². The first-order valence-corrected chi connectivity index (χ1v) is 7.56. The molecule has 0 radical (unpaired) electrons. The van der Waals surface area contributed by atoms with Crippen LogP contribution in [0.5, 0.6) is 5.75 Å². The summed E-state index contributed by atoms with van der Waals surface area (Å²) in [5, 5.41) is 5.54. The van der Waals surface area contributed by atoms with Crippen LogP contribution in [0, 0.1) is 0 Å². The summed E-state index contributed by atoms with van der Waals surface area (Å²) >= 11 is 0. The molecular formula is C16H24F3N3O. The molecule has 0 spiro atoms. The van der Waals surface area contributed by atoms with Gasteiger partial charge in [-0.2, -0.15) is 13.2 Å². The molecule has 0 bridgehead atoms. The molecule has 0 atom stereocenters. The molecule has 0 unspecified atom stereocenters. The molecule has 130 valence electrons. The molecule has 23 heavy (non-hydrogen) atoms. The summed E-state index contributed by atoms with van der Waals surface area (Å²) in [7, 11) is 1.51. The molecule has 0 aliphatic carbocycles. The second kappa shape index (κ2) is 9.27. The fourth-order valence-corrected chi connectivity index (χ4v) is 1.96. The molecule has 0 saturated heterocycles. The lowest BCUT2D eigenvalue weighted by Crippen LogP contribution is -2.40. The van der Waals surface area contributed by atoms with E-state index in [0.29, 0.717) is 25.0 Å². The Labute approximate surface area is 135 Å². The summed E-state index contributed by atoms with van der Waals surface area (Å²) in [5.41, 5.74) is 1.13. The van der Waals surface area contributed by atoms with Gasteiger partial charge in [0.25, 0.3) is 0 Å². The Kier molecular flexibility index (Phi) is 7.71. The molecule has 7 heteroatoms. The molecule has 2 N–H and O–H groups in total. The third kappa shape index (κ3) is 7.76. The molecule has 0 amide bonds. The van der Waals surface area contributed by atoms with E-state index >= 15 is 0 Å². The number of guanidine groups is 1. The highest BCUT2D eigenvalue weighted by atomic mass is 19.4. The molecular weight excluding hydrogens is 307 g/mol. The number of aliphatic imine (C=N–C) groups is 1. The van der Waals surface area contributed by atoms with Crippen molar-refractivity contribution < 1.29 is 17.9 Å². The highest BCUT2D eigenvalue weighted by molar-refractivity contribution is 5.79. The Morgan fingerprint density at radius 2 is 1.83 bits per heavy atom. The third-order valence-corrected chi connectivity index (χ3v) is 3.12. The summed E-state index contributed by atoms with van der Waals surface area (Å²) in [6.07, 6.45) is -5.07. The lowest BCUT2D eigenvalue weighted by atomic mass is 10.0. The van der Waals surface area contributed by atoms with E-state index in [1.807, 2.05) is 24.3 Å². The van der Waals surface area contributed by atoms with Gasteiger partial charge in [0.05, 0.1) is 13.0 Å². The van der Waals surface area contributed by atoms with Gasteiger partial charge >= 0.3 is 6.18 Å². The van der Waals surface area contributed by atoms with E-state index in [1.165, 1.54) is 7.05 Å². The fraction of sp³-hybridized carbons (Fsp3) is 0.562. The van der Waals surface area contributed by atoms with Crippen LogP contribution in [-0.2, 0) is 0 Å². The van der Waals surface area contributed by atoms with Crippen molar-refractivity contribution >= 4 is 5.96 Å². The Morgan fingerprint density at radius 1 is 1.17 bits per heavy atom. The minimum Gasteiger partial charge on any atom is -0.491 e. The van der Waals surface area contributed by atoms with E-state index in [1.54, 1.807) is 0 Å². The summed E-state index contributed by atoms with van der Waals surface area (Å²) in [6.45, 7) is 4.81. The zero-order valence-electron chi connectivity index (χ0n) is 13.7. The number of nitrogens with one attached hydrogen (secondary N) is 2. The third-order valence-electron chi connectivity index (χ3n) is 3.12. The molecule has 0 aliphatic heterocycles. The second-order valence-electron chi connectivity index (χ2n) is 5.33. The molecule has 1 aromatic carbocycles. The minimum atomic E-state index is -4.17. The van der Waals surface area contributed by atoms with Crippen molar-refractivity contribution in [3.05, 3.63) is 29.8 Å². The van der Waals surface area contributed by atoms with Gasteiger partial charge in [-0.1, -0.05) is 32.0 Å². The first kappa shape index (κ1) is 19.1. The molecule has 0 fully saturated rings. The smallest absolute Gasteiger partial charge is 0.390 e. The van der Waals surface area contributed by atoms with E-state index in [2.05, 4.69) is 29.5 Å². The molecule has 0 heterocycles. The highest BCUT2D eigenvalue weighted by Gasteiger charge is 2.26. The highest BCUT2D eigenvalue weighted by Crippen LogP contribution is 2.25. The Balaban J connectivity index is 2.33. The summed E-state index contributed by atoms with van der Waals surface area (Å²) in [4.78, 5) is 3.87. The number of benzene rings is 1. The fourth-order valence-electron chi connectivity index (χ4n) is 1.96. The van der Waals surface area contributed by atoms with Crippen LogP contribution < -0.4 is 15.4 Å². The lowest BCUT2D eigenvalue weighted by molar-refractivity contribution is -0.132. The first-order valence-electron chi connectivity index (χ1n) is 7.56. The number of nitrogens with zero attached hydrogens (tertiary/aromatic N) is 1. The van der Waals surface area contributed by atoms with E-state index in [-0.39, 0.29) is 6.54 Å². The standard InChI is InChI=1S/C16H24F3N3O/c1-12(2)13-6-4-5-7-14(13)23-11-10-22-15(20-3)21-9-8-16(17,18)19/h4-7,12H,8-11H2,1-3H3,(H2,20,21,22). The summed E-state index contributed by atoms with van der Waals surface area (Å²) in [5.74, 6) is 1.51. The van der Waals surface area contributed by atoms with Gasteiger partial charge in [-0.05, 0) is 17.5 Å². The molecule has 4 nitrogen and oxygen atoms in total. The molecule has 1 aromatic rings. The molecule has 0 aliphatic rings. The van der Waals surface area contributed by atoms with Crippen molar-refractivity contribution in [1.82, 2.24) is 10.6 Å². The van der Waals surface area contributed by atoms with Crippen molar-refractivity contribution in [1.29, 1.82) is 0 Å². The maximum atomic E-state index is 12.1. The average molecular weight is 331 g/mol. The molecule has 0 aromatic heterocycles. The minimum absolute atomic E-state index is 0.208. The van der Waals surface area contributed by atoms with Gasteiger partial charge in [0, 0.05) is 13.6 Å². The number of halogens is 3. The second-order valence-corrected chi connectivity index (χ2v) is 5.33. The largest absolute Gasteiger partial charge is 0.491 e. The van der Waals surface area contributed by atoms with Crippen LogP contribution in [0.4, 0.5) is 13.2 Å². The van der Waals surface area contributed by atoms with E-state index in [4.69, 9.17) is 4.74 Å². The van der Waals surface area contributed by atoms with Gasteiger partial charge in [0.15, 0.2) is 5.96 Å². The molecule has 1 rings (SSSR count). The van der Waals surface area contributed by atoms with Gasteiger partial charge in [-0.3, -0.25) is 4.99 Å². The zero-order chi connectivity index (χ0) is 17.3. The van der Waals surface area contributed by atoms with Crippen molar-refractivity contribution in [3.8, 4) is 5.75 Å². The van der Waals surface area contributed by atoms with Crippen molar-refractivity contribution in [2.75, 3.05) is 26.7 Å². The van der Waals surface area contributed by atoms with Crippen LogP contribution in [0.25, 0.3) is 0 Å². The van der Waals surface area contributed by atoms with Crippen LogP contribution in [0.2, 0.25) is 0 Å². The van der Waals surface area contributed by atoms with Crippen LogP contribution in [0.15, 0.2) is 29.3 Å². The van der Waals surface area contributed by atoms with Gasteiger partial charge in [-0.15, -0.1) is 0 Å². The monoisotopic (exact) mass is 331 g/mol. The zero-order valence-corrected chi connectivity index (χ0v) is 13.7. The number of hydrogen-bond donors (Lipinski definition) is 2. The van der Waals surface area contributed by atoms with Crippen LogP contribution >= 0.6 is 0 Å². The Hall–Kier alpha value is -1.92. The van der Waals surface area contributed by atoms with Gasteiger partial charge in [-0.25, -0.2) is 0 Å². The first-order chi connectivity index (χ1) is 10.8. The van der Waals surface area contributed by atoms with Crippen molar-refractivity contribution in [2.45, 2.75) is 32.4 Å². The Bertz CT molecular complexity index is 502. The van der Waals surface area contributed by atoms with Gasteiger partial charge < -0.3 is 15.4 Å². The summed E-state index contributed by atoms with van der Waals surface area (Å²) in [6, 6.07) is 7.80. The van der Waals surface area contributed by atoms with Crippen molar-refractivity contribution in [3.63, 3.8) is 0 Å². The number of alkyl halides is 3. The van der Waals surface area contributed by atoms with E-state index in [9.17, 15) is 13.2 Å². The number of rotatable bonds is 7. The lowest BCUT2D eigenvalue weighted by Gasteiger charge is -2.15. The predicted molar refractivity (Wildman–Crippen MR) is 86.1 cm³/mol. The molecule has 0 saturated carbocycles. The normalized spacial score (nSPS) is 12.4. The van der Waals surface area contributed by atoms with Crippen LogP contribution in [0.3, 0.4) is 0 Å². The van der Waals surface area contributed by atoms with E-state index in [0.717, 1.165) is 11.3 Å². The maximum absolute atomic E-state index is 12.1. The van der Waals surface area contributed by atoms with Crippen LogP contribution in [0.1, 0.15) is 31.7 Å². The summed E-state index contributed by atoms with van der Waals surface area (Å²) < 4.78 is 42.0. The number of para-hydroxylation sites is 1. The SMILES string of the molecule is CN=C(NCCOc1ccccc1C(C)C)NCCC(F)(F)F. The van der Waals surface area contributed by atoms with Crippen molar-refractivity contribution in [2.24, 2.45) is 4.99 Å². The Morgan fingerprint density at radius 3 is 2.43 bits per heavy atom. The predicted octanol–water partition coefficient (Wildman–Crippen LogP) is 3.31.